The smallest absolute Gasteiger partial charge is 0.267 e. The molecule has 0 atom stereocenters. The monoisotopic (exact) mass is 378 g/mol. The van der Waals surface area contributed by atoms with Gasteiger partial charge >= 0.3 is 0 Å². The maximum Gasteiger partial charge on any atom is 0.267 e. The number of hydrogen-bond donors (Lipinski definition) is 1. The molecule has 6 heteroatoms. The number of nitrogens with two attached hydrogens (primary N) is 1. The van der Waals surface area contributed by atoms with E-state index in [-0.39, 0.29) is 0 Å². The summed E-state index contributed by atoms with van der Waals surface area (Å²) in [5.74, 6) is 0.215. The first-order chi connectivity index (χ1) is 13.7. The Hall–Kier alpha value is -2.86. The molecule has 1 aliphatic rings. The Balaban J connectivity index is 1.49. The molecule has 6 nitrogen and oxygen atoms in total. The van der Waals surface area contributed by atoms with E-state index in [4.69, 9.17) is 10.5 Å². The number of carbonyl (C=O) groups is 1. The Morgan fingerprint density at radius 1 is 1.18 bits per heavy atom. The molecule has 3 aromatic rings. The number of nitrogens with zero attached hydrogens (tertiary/aromatic N) is 3. The molecule has 0 aliphatic carbocycles. The predicted molar refractivity (Wildman–Crippen MR) is 110 cm³/mol. The SMILES string of the molecule is COCC1CCN(c2ccc(Cc3nc4ccccn4c3C(N)=O)cc2)CC1. The highest BCUT2D eigenvalue weighted by Crippen LogP contribution is 2.25. The van der Waals surface area contributed by atoms with E-state index in [9.17, 15) is 4.79 Å². The van der Waals surface area contributed by atoms with Crippen LogP contribution in [0.5, 0.6) is 0 Å². The summed E-state index contributed by atoms with van der Waals surface area (Å²) in [6.45, 7) is 2.98. The van der Waals surface area contributed by atoms with Crippen molar-refractivity contribution in [2.24, 2.45) is 11.7 Å². The zero-order valence-electron chi connectivity index (χ0n) is 16.2. The van der Waals surface area contributed by atoms with Gasteiger partial charge < -0.3 is 15.4 Å². The molecule has 1 fully saturated rings. The van der Waals surface area contributed by atoms with E-state index < -0.39 is 5.91 Å². The normalized spacial score (nSPS) is 15.2. The molecule has 1 amide bonds. The highest BCUT2D eigenvalue weighted by Gasteiger charge is 2.20. The number of hydrogen-bond acceptors (Lipinski definition) is 4. The lowest BCUT2D eigenvalue weighted by atomic mass is 9.97. The van der Waals surface area contributed by atoms with E-state index in [2.05, 4.69) is 34.1 Å². The Bertz CT molecular complexity index is 956. The van der Waals surface area contributed by atoms with E-state index in [0.717, 1.165) is 30.9 Å². The number of primary amides is 1. The number of ether oxygens (including phenoxy) is 1. The summed E-state index contributed by atoms with van der Waals surface area (Å²) in [6.07, 6.45) is 4.73. The largest absolute Gasteiger partial charge is 0.384 e. The van der Waals surface area contributed by atoms with Crippen LogP contribution in [0, 0.1) is 5.92 Å². The number of pyridine rings is 1. The van der Waals surface area contributed by atoms with Gasteiger partial charge in [0, 0.05) is 45.1 Å². The molecule has 4 rings (SSSR count). The molecule has 0 radical (unpaired) electrons. The molecular weight excluding hydrogens is 352 g/mol. The number of piperidine rings is 1. The average Bonchev–Trinajstić information content (AvgIpc) is 3.07. The van der Waals surface area contributed by atoms with Gasteiger partial charge in [-0.2, -0.15) is 0 Å². The van der Waals surface area contributed by atoms with Crippen molar-refractivity contribution in [1.82, 2.24) is 9.38 Å². The minimum absolute atomic E-state index is 0.454. The fraction of sp³-hybridized carbons (Fsp3) is 0.364. The maximum atomic E-state index is 12.0. The quantitative estimate of drug-likeness (QED) is 0.716. The third-order valence-corrected chi connectivity index (χ3v) is 5.53. The minimum atomic E-state index is -0.454. The summed E-state index contributed by atoms with van der Waals surface area (Å²) in [5, 5.41) is 0. The predicted octanol–water partition coefficient (Wildman–Crippen LogP) is 2.89. The Kier molecular flexibility index (Phi) is 5.30. The van der Waals surface area contributed by atoms with Crippen LogP contribution in [0.2, 0.25) is 0 Å². The lowest BCUT2D eigenvalue weighted by molar-refractivity contribution is 0.0994. The molecule has 0 saturated carbocycles. The van der Waals surface area contributed by atoms with Crippen LogP contribution in [0.3, 0.4) is 0 Å². The van der Waals surface area contributed by atoms with Crippen LogP contribution in [0.4, 0.5) is 5.69 Å². The van der Waals surface area contributed by atoms with Crippen LogP contribution in [0.25, 0.3) is 5.65 Å². The molecule has 2 N–H and O–H groups in total. The lowest BCUT2D eigenvalue weighted by Crippen LogP contribution is -2.34. The summed E-state index contributed by atoms with van der Waals surface area (Å²) >= 11 is 0. The summed E-state index contributed by atoms with van der Waals surface area (Å²) in [6, 6.07) is 14.2. The molecule has 0 bridgehead atoms. The van der Waals surface area contributed by atoms with E-state index >= 15 is 0 Å². The van der Waals surface area contributed by atoms with E-state index in [1.807, 2.05) is 24.4 Å². The summed E-state index contributed by atoms with van der Waals surface area (Å²) in [4.78, 5) is 19.0. The molecule has 28 heavy (non-hydrogen) atoms. The Morgan fingerprint density at radius 2 is 1.93 bits per heavy atom. The fourth-order valence-electron chi connectivity index (χ4n) is 4.04. The van der Waals surface area contributed by atoms with Crippen LogP contribution < -0.4 is 10.6 Å². The van der Waals surface area contributed by atoms with Crippen molar-refractivity contribution in [3.63, 3.8) is 0 Å². The Labute approximate surface area is 164 Å². The van der Waals surface area contributed by atoms with Crippen molar-refractivity contribution in [3.8, 4) is 0 Å². The van der Waals surface area contributed by atoms with Crippen molar-refractivity contribution >= 4 is 17.2 Å². The first-order valence-corrected chi connectivity index (χ1v) is 9.74. The number of aromatic nitrogens is 2. The zero-order valence-corrected chi connectivity index (χ0v) is 16.2. The molecule has 1 saturated heterocycles. The molecule has 3 heterocycles. The second kappa shape index (κ2) is 8.02. The number of imidazole rings is 1. The van der Waals surface area contributed by atoms with Gasteiger partial charge in [0.25, 0.3) is 5.91 Å². The van der Waals surface area contributed by atoms with Crippen LogP contribution >= 0.6 is 0 Å². The molecule has 0 spiro atoms. The highest BCUT2D eigenvalue weighted by molar-refractivity contribution is 5.93. The Morgan fingerprint density at radius 3 is 2.61 bits per heavy atom. The number of fused-ring (bicyclic) bond motifs is 1. The van der Waals surface area contributed by atoms with Gasteiger partial charge in [-0.3, -0.25) is 9.20 Å². The summed E-state index contributed by atoms with van der Waals surface area (Å²) < 4.78 is 7.04. The molecule has 146 valence electrons. The number of amides is 1. The van der Waals surface area contributed by atoms with Crippen LogP contribution in [0.15, 0.2) is 48.7 Å². The second-order valence-electron chi connectivity index (χ2n) is 7.43. The molecule has 0 unspecified atom stereocenters. The van der Waals surface area contributed by atoms with Gasteiger partial charge in [-0.05, 0) is 48.6 Å². The molecule has 1 aromatic carbocycles. The minimum Gasteiger partial charge on any atom is -0.384 e. The van der Waals surface area contributed by atoms with Crippen LogP contribution in [-0.4, -0.2) is 42.1 Å². The van der Waals surface area contributed by atoms with Gasteiger partial charge in [-0.25, -0.2) is 4.98 Å². The van der Waals surface area contributed by atoms with E-state index in [1.54, 1.807) is 11.5 Å². The molecule has 1 aliphatic heterocycles. The number of rotatable bonds is 6. The van der Waals surface area contributed by atoms with Crippen LogP contribution in [-0.2, 0) is 11.2 Å². The summed E-state index contributed by atoms with van der Waals surface area (Å²) in [7, 11) is 1.78. The zero-order chi connectivity index (χ0) is 19.5. The van der Waals surface area contributed by atoms with Crippen molar-refractivity contribution < 1.29 is 9.53 Å². The first kappa shape index (κ1) is 18.5. The third-order valence-electron chi connectivity index (χ3n) is 5.53. The van der Waals surface area contributed by atoms with Gasteiger partial charge in [0.15, 0.2) is 0 Å². The molecule has 2 aromatic heterocycles. The number of anilines is 1. The van der Waals surface area contributed by atoms with Gasteiger partial charge in [0.2, 0.25) is 0 Å². The van der Waals surface area contributed by atoms with Gasteiger partial charge in [-0.15, -0.1) is 0 Å². The third kappa shape index (κ3) is 3.73. The van der Waals surface area contributed by atoms with Crippen molar-refractivity contribution in [3.05, 3.63) is 65.6 Å². The summed E-state index contributed by atoms with van der Waals surface area (Å²) in [5.41, 5.74) is 9.88. The fourth-order valence-corrected chi connectivity index (χ4v) is 4.04. The standard InChI is InChI=1S/C22H26N4O2/c1-28-15-17-9-12-25(13-10-17)18-7-5-16(6-8-18)14-19-21(22(23)27)26-11-3-2-4-20(26)24-19/h2-8,11,17H,9-10,12-15H2,1H3,(H2,23,27). The van der Waals surface area contributed by atoms with Crippen molar-refractivity contribution in [2.75, 3.05) is 31.7 Å². The topological polar surface area (TPSA) is 72.9 Å². The highest BCUT2D eigenvalue weighted by atomic mass is 16.5. The average molecular weight is 378 g/mol. The van der Waals surface area contributed by atoms with Crippen molar-refractivity contribution in [2.45, 2.75) is 19.3 Å². The lowest BCUT2D eigenvalue weighted by Gasteiger charge is -2.33. The maximum absolute atomic E-state index is 12.0. The molecular formula is C22H26N4O2. The van der Waals surface area contributed by atoms with E-state index in [1.165, 1.54) is 18.5 Å². The second-order valence-corrected chi connectivity index (χ2v) is 7.43. The van der Waals surface area contributed by atoms with Crippen LogP contribution in [0.1, 0.15) is 34.6 Å². The number of methoxy groups -OCH3 is 1. The number of carbonyl (C=O) groups excluding carboxylic acids is 1. The van der Waals surface area contributed by atoms with Gasteiger partial charge in [0.05, 0.1) is 5.69 Å². The first-order valence-electron chi connectivity index (χ1n) is 9.74. The van der Waals surface area contributed by atoms with E-state index in [0.29, 0.717) is 23.7 Å². The van der Waals surface area contributed by atoms with Gasteiger partial charge in [0.1, 0.15) is 11.3 Å². The number of benzene rings is 1. The van der Waals surface area contributed by atoms with Gasteiger partial charge in [-0.1, -0.05) is 18.2 Å². The van der Waals surface area contributed by atoms with Crippen molar-refractivity contribution in [1.29, 1.82) is 0 Å².